The minimum Gasteiger partial charge on any atom is -0.491 e. The summed E-state index contributed by atoms with van der Waals surface area (Å²) in [4.78, 5) is 24.1. The smallest absolute Gasteiger partial charge is 0.392 e. The lowest BCUT2D eigenvalue weighted by Crippen LogP contribution is -2.35. The van der Waals surface area contributed by atoms with Crippen molar-refractivity contribution in [2.45, 2.75) is 46.0 Å². The van der Waals surface area contributed by atoms with Gasteiger partial charge in [0.1, 0.15) is 16.8 Å². The van der Waals surface area contributed by atoms with Crippen molar-refractivity contribution in [3.05, 3.63) is 46.2 Å². The van der Waals surface area contributed by atoms with Crippen molar-refractivity contribution in [1.82, 2.24) is 14.3 Å². The summed E-state index contributed by atoms with van der Waals surface area (Å²) in [6.45, 7) is 5.86. The number of hydrogen-bond donors (Lipinski definition) is 1. The van der Waals surface area contributed by atoms with Gasteiger partial charge in [0.2, 0.25) is 0 Å². The lowest BCUT2D eigenvalue weighted by Gasteiger charge is -2.38. The van der Waals surface area contributed by atoms with Crippen molar-refractivity contribution in [2.24, 2.45) is 5.41 Å². The molecule has 32 heavy (non-hydrogen) atoms. The quantitative estimate of drug-likeness (QED) is 0.634. The standard InChI is InChI=1S/C22H22F3N3O4/c1-21(2,3)17-11-28-19(14-9-15(29)13(20(30)31)10-27(14)17)12-5-4-6-16(18(12)26-28)32-8-7-22(23,24)25/h4-6,9-10,17H,7-8,11H2,1-3H3,(H,30,31)/t17-/m1/s1. The second-order valence-electron chi connectivity index (χ2n) is 8.93. The van der Waals surface area contributed by atoms with Gasteiger partial charge in [0.05, 0.1) is 37.0 Å². The Bertz CT molecular complexity index is 1270. The van der Waals surface area contributed by atoms with Crippen LogP contribution in [0.2, 0.25) is 0 Å². The molecule has 0 bridgehead atoms. The highest BCUT2D eigenvalue weighted by Crippen LogP contribution is 2.43. The number of pyridine rings is 1. The predicted molar refractivity (Wildman–Crippen MR) is 111 cm³/mol. The molecule has 4 rings (SSSR count). The maximum absolute atomic E-state index is 12.5. The zero-order valence-electron chi connectivity index (χ0n) is 17.7. The zero-order valence-corrected chi connectivity index (χ0v) is 17.7. The molecule has 0 spiro atoms. The summed E-state index contributed by atoms with van der Waals surface area (Å²) in [5, 5.41) is 14.6. The normalized spacial score (nSPS) is 16.0. The van der Waals surface area contributed by atoms with E-state index in [1.54, 1.807) is 27.4 Å². The zero-order chi connectivity index (χ0) is 23.4. The number of carboxylic acids is 1. The third-order valence-corrected chi connectivity index (χ3v) is 5.61. The lowest BCUT2D eigenvalue weighted by molar-refractivity contribution is -0.139. The van der Waals surface area contributed by atoms with Gasteiger partial charge in [0.25, 0.3) is 0 Å². The Labute approximate surface area is 181 Å². The molecule has 0 unspecified atom stereocenters. The van der Waals surface area contributed by atoms with E-state index in [0.29, 0.717) is 28.8 Å². The fourth-order valence-electron chi connectivity index (χ4n) is 4.02. The molecule has 1 N–H and O–H groups in total. The third kappa shape index (κ3) is 3.85. The van der Waals surface area contributed by atoms with Gasteiger partial charge < -0.3 is 14.4 Å². The average Bonchev–Trinajstić information content (AvgIpc) is 3.04. The number of rotatable bonds is 4. The van der Waals surface area contributed by atoms with Crippen LogP contribution in [-0.2, 0) is 6.54 Å². The first-order chi connectivity index (χ1) is 14.9. The average molecular weight is 449 g/mol. The number of aromatic nitrogens is 3. The maximum atomic E-state index is 12.5. The second-order valence-corrected chi connectivity index (χ2v) is 8.93. The SMILES string of the molecule is CC(C)(C)[C@H]1Cn2nc3c(OCCC(F)(F)F)cccc3c2-c2cc(=O)c(C(=O)O)cn21. The lowest BCUT2D eigenvalue weighted by atomic mass is 9.85. The number of carbonyl (C=O) groups is 1. The number of nitrogens with zero attached hydrogens (tertiary/aromatic N) is 3. The van der Waals surface area contributed by atoms with Crippen LogP contribution >= 0.6 is 0 Å². The number of ether oxygens (including phenoxy) is 1. The van der Waals surface area contributed by atoms with E-state index in [9.17, 15) is 27.9 Å². The molecule has 1 atom stereocenters. The second kappa shape index (κ2) is 7.39. The van der Waals surface area contributed by atoms with Crippen molar-refractivity contribution in [1.29, 1.82) is 0 Å². The molecule has 2 aromatic heterocycles. The molecule has 170 valence electrons. The highest BCUT2D eigenvalue weighted by molar-refractivity contribution is 5.96. The molecule has 1 aliphatic heterocycles. The fourth-order valence-corrected chi connectivity index (χ4v) is 4.02. The van der Waals surface area contributed by atoms with Crippen LogP contribution in [0, 0.1) is 5.41 Å². The molecule has 0 saturated carbocycles. The molecule has 0 fully saturated rings. The Morgan fingerprint density at radius 1 is 1.28 bits per heavy atom. The molecule has 7 nitrogen and oxygen atoms in total. The van der Waals surface area contributed by atoms with E-state index in [-0.39, 0.29) is 22.8 Å². The van der Waals surface area contributed by atoms with Gasteiger partial charge in [-0.15, -0.1) is 0 Å². The molecule has 0 aliphatic carbocycles. The molecule has 1 aromatic carbocycles. The number of halogens is 3. The Morgan fingerprint density at radius 2 is 2.00 bits per heavy atom. The number of hydrogen-bond acceptors (Lipinski definition) is 4. The summed E-state index contributed by atoms with van der Waals surface area (Å²) in [5.74, 6) is -1.08. The topological polar surface area (TPSA) is 86.3 Å². The Balaban J connectivity index is 1.89. The predicted octanol–water partition coefficient (Wildman–Crippen LogP) is 4.50. The van der Waals surface area contributed by atoms with Gasteiger partial charge >= 0.3 is 12.1 Å². The van der Waals surface area contributed by atoms with Crippen molar-refractivity contribution in [2.75, 3.05) is 6.61 Å². The Hall–Kier alpha value is -3.30. The van der Waals surface area contributed by atoms with Crippen LogP contribution in [0.4, 0.5) is 13.2 Å². The number of alkyl halides is 3. The number of fused-ring (bicyclic) bond motifs is 5. The van der Waals surface area contributed by atoms with E-state index in [1.807, 2.05) is 20.8 Å². The summed E-state index contributed by atoms with van der Waals surface area (Å²) in [6.07, 6.45) is -4.05. The van der Waals surface area contributed by atoms with Crippen LogP contribution in [0.25, 0.3) is 22.3 Å². The highest BCUT2D eigenvalue weighted by atomic mass is 19.4. The largest absolute Gasteiger partial charge is 0.491 e. The molecular formula is C22H22F3N3O4. The molecule has 0 radical (unpaired) electrons. The van der Waals surface area contributed by atoms with Crippen molar-refractivity contribution >= 4 is 16.9 Å². The van der Waals surface area contributed by atoms with Crippen LogP contribution in [-0.4, -0.2) is 38.2 Å². The fraction of sp³-hybridized carbons (Fsp3) is 0.409. The van der Waals surface area contributed by atoms with Gasteiger partial charge in [-0.05, 0) is 11.5 Å². The van der Waals surface area contributed by atoms with Crippen LogP contribution in [0.15, 0.2) is 35.3 Å². The first kappa shape index (κ1) is 21.9. The van der Waals surface area contributed by atoms with Crippen molar-refractivity contribution in [3.63, 3.8) is 0 Å². The summed E-state index contributed by atoms with van der Waals surface area (Å²) in [6, 6.07) is 6.03. The molecule has 3 heterocycles. The van der Waals surface area contributed by atoms with E-state index in [2.05, 4.69) is 5.10 Å². The van der Waals surface area contributed by atoms with Crippen LogP contribution in [0.5, 0.6) is 5.75 Å². The number of carboxylic acid groups (broad SMARTS) is 1. The van der Waals surface area contributed by atoms with Crippen LogP contribution in [0.1, 0.15) is 43.6 Å². The van der Waals surface area contributed by atoms with Crippen LogP contribution in [0.3, 0.4) is 0 Å². The maximum Gasteiger partial charge on any atom is 0.392 e. The Morgan fingerprint density at radius 3 is 2.62 bits per heavy atom. The van der Waals surface area contributed by atoms with Gasteiger partial charge in [0.15, 0.2) is 5.43 Å². The van der Waals surface area contributed by atoms with E-state index in [0.717, 1.165) is 0 Å². The van der Waals surface area contributed by atoms with Gasteiger partial charge in [0, 0.05) is 17.6 Å². The molecule has 0 amide bonds. The summed E-state index contributed by atoms with van der Waals surface area (Å²) < 4.78 is 46.5. The molecule has 10 heteroatoms. The van der Waals surface area contributed by atoms with Gasteiger partial charge in [-0.1, -0.05) is 32.9 Å². The van der Waals surface area contributed by atoms with Crippen LogP contribution < -0.4 is 10.2 Å². The minimum absolute atomic E-state index is 0.215. The summed E-state index contributed by atoms with van der Waals surface area (Å²) in [5.41, 5.74) is 0.229. The molecule has 1 aliphatic rings. The van der Waals surface area contributed by atoms with Crippen molar-refractivity contribution in [3.8, 4) is 17.1 Å². The molecule has 3 aromatic rings. The first-order valence-corrected chi connectivity index (χ1v) is 10.1. The van der Waals surface area contributed by atoms with E-state index in [1.165, 1.54) is 12.3 Å². The Kier molecular flexibility index (Phi) is 5.06. The first-order valence-electron chi connectivity index (χ1n) is 10.1. The van der Waals surface area contributed by atoms with Gasteiger partial charge in [-0.25, -0.2) is 4.79 Å². The summed E-state index contributed by atoms with van der Waals surface area (Å²) in [7, 11) is 0. The monoisotopic (exact) mass is 449 g/mol. The highest BCUT2D eigenvalue weighted by Gasteiger charge is 2.35. The molecule has 0 saturated heterocycles. The van der Waals surface area contributed by atoms with E-state index >= 15 is 0 Å². The van der Waals surface area contributed by atoms with Gasteiger partial charge in [-0.3, -0.25) is 9.48 Å². The van der Waals surface area contributed by atoms with E-state index < -0.39 is 30.6 Å². The summed E-state index contributed by atoms with van der Waals surface area (Å²) >= 11 is 0. The number of benzene rings is 1. The number of aromatic carboxylic acids is 1. The molecular weight excluding hydrogens is 427 g/mol. The van der Waals surface area contributed by atoms with Crippen molar-refractivity contribution < 1.29 is 27.8 Å². The third-order valence-electron chi connectivity index (χ3n) is 5.61. The minimum atomic E-state index is -4.33. The van der Waals surface area contributed by atoms with E-state index in [4.69, 9.17) is 4.74 Å². The van der Waals surface area contributed by atoms with Gasteiger partial charge in [-0.2, -0.15) is 18.3 Å².